The highest BCUT2D eigenvalue weighted by atomic mass is 16.2. The van der Waals surface area contributed by atoms with E-state index in [1.165, 1.54) is 28.2 Å². The number of hydrogen-bond donors (Lipinski definition) is 0. The number of hydrogen-bond acceptors (Lipinski definition) is 4. The molecule has 0 spiro atoms. The van der Waals surface area contributed by atoms with Crippen LogP contribution in [0, 0.1) is 6.92 Å². The Balaban J connectivity index is 1.43. The van der Waals surface area contributed by atoms with Gasteiger partial charge in [0.25, 0.3) is 0 Å². The maximum atomic E-state index is 12.5. The lowest BCUT2D eigenvalue weighted by molar-refractivity contribution is -0.132. The highest BCUT2D eigenvalue weighted by Gasteiger charge is 2.28. The van der Waals surface area contributed by atoms with Crippen LogP contribution < -0.4 is 0 Å². The molecule has 0 bridgehead atoms. The molecule has 1 fully saturated rings. The molecule has 0 aliphatic carbocycles. The highest BCUT2D eigenvalue weighted by Crippen LogP contribution is 2.25. The molecule has 1 saturated heterocycles. The Bertz CT molecular complexity index is 937. The average molecular weight is 363 g/mol. The summed E-state index contributed by atoms with van der Waals surface area (Å²) in [5.74, 6) is 0.0775. The summed E-state index contributed by atoms with van der Waals surface area (Å²) in [4.78, 5) is 20.7. The largest absolute Gasteiger partial charge is 0.340 e. The normalized spacial score (nSPS) is 17.5. The summed E-state index contributed by atoms with van der Waals surface area (Å²) in [7, 11) is 1.90. The first kappa shape index (κ1) is 17.7. The van der Waals surface area contributed by atoms with Gasteiger partial charge in [-0.1, -0.05) is 36.4 Å². The predicted octanol–water partition coefficient (Wildman–Crippen LogP) is 2.47. The Morgan fingerprint density at radius 3 is 2.93 bits per heavy atom. The molecule has 2 aromatic carbocycles. The Labute approximate surface area is 159 Å². The monoisotopic (exact) mass is 363 g/mol. The van der Waals surface area contributed by atoms with Crippen LogP contribution in [0.1, 0.15) is 17.5 Å². The van der Waals surface area contributed by atoms with Crippen LogP contribution in [0.15, 0.2) is 49.1 Å². The zero-order valence-corrected chi connectivity index (χ0v) is 15.9. The number of carbonyl (C=O) groups excluding carboxylic acids is 1. The van der Waals surface area contributed by atoms with Crippen LogP contribution in [-0.2, 0) is 17.9 Å². The molecule has 1 unspecified atom stereocenters. The first-order valence-corrected chi connectivity index (χ1v) is 9.39. The molecule has 0 radical (unpaired) electrons. The third kappa shape index (κ3) is 3.71. The average Bonchev–Trinajstić information content (AvgIpc) is 3.35. The van der Waals surface area contributed by atoms with Crippen molar-refractivity contribution in [3.8, 4) is 0 Å². The van der Waals surface area contributed by atoms with Crippen LogP contribution in [0.2, 0.25) is 0 Å². The quantitative estimate of drug-likeness (QED) is 0.699. The van der Waals surface area contributed by atoms with E-state index < -0.39 is 0 Å². The molecule has 1 atom stereocenters. The standard InChI is InChI=1S/C21H25N5O/c1-16-7-8-17-5-3-4-6-19(17)20(16)12-25-10-9-18(11-25)24(2)21(27)13-26-15-22-14-23-26/h3-8,14-15,18H,9-13H2,1-2H3. The van der Waals surface area contributed by atoms with Crippen molar-refractivity contribution in [2.24, 2.45) is 0 Å². The van der Waals surface area contributed by atoms with E-state index in [-0.39, 0.29) is 18.5 Å². The van der Waals surface area contributed by atoms with Gasteiger partial charge in [-0.15, -0.1) is 0 Å². The van der Waals surface area contributed by atoms with Gasteiger partial charge in [-0.25, -0.2) is 9.67 Å². The van der Waals surface area contributed by atoms with E-state index in [1.807, 2.05) is 11.9 Å². The lowest BCUT2D eigenvalue weighted by Crippen LogP contribution is -2.40. The molecule has 27 heavy (non-hydrogen) atoms. The van der Waals surface area contributed by atoms with Gasteiger partial charge in [-0.2, -0.15) is 5.10 Å². The molecule has 2 heterocycles. The van der Waals surface area contributed by atoms with E-state index >= 15 is 0 Å². The number of amides is 1. The minimum Gasteiger partial charge on any atom is -0.340 e. The van der Waals surface area contributed by atoms with Crippen molar-refractivity contribution in [1.82, 2.24) is 24.6 Å². The summed E-state index contributed by atoms with van der Waals surface area (Å²) >= 11 is 0. The summed E-state index contributed by atoms with van der Waals surface area (Å²) in [6.45, 7) is 5.27. The Hall–Kier alpha value is -2.73. The van der Waals surface area contributed by atoms with Gasteiger partial charge in [0.2, 0.25) is 5.91 Å². The lowest BCUT2D eigenvalue weighted by Gasteiger charge is -2.25. The van der Waals surface area contributed by atoms with Gasteiger partial charge >= 0.3 is 0 Å². The summed E-state index contributed by atoms with van der Waals surface area (Å²) < 4.78 is 1.57. The third-order valence-corrected chi connectivity index (χ3v) is 5.61. The second-order valence-electron chi connectivity index (χ2n) is 7.36. The summed E-state index contributed by atoms with van der Waals surface area (Å²) in [6, 6.07) is 13.2. The fourth-order valence-electron chi connectivity index (χ4n) is 3.92. The Kier molecular flexibility index (Phi) is 4.90. The number of fused-ring (bicyclic) bond motifs is 1. The Morgan fingerprint density at radius 1 is 1.26 bits per heavy atom. The number of carbonyl (C=O) groups is 1. The van der Waals surface area contributed by atoms with Gasteiger partial charge in [0, 0.05) is 32.7 Å². The van der Waals surface area contributed by atoms with E-state index in [9.17, 15) is 4.79 Å². The number of likely N-dealkylation sites (N-methyl/N-ethyl adjacent to an activating group) is 1. The molecule has 3 aromatic rings. The van der Waals surface area contributed by atoms with E-state index in [4.69, 9.17) is 0 Å². The number of nitrogens with zero attached hydrogens (tertiary/aromatic N) is 5. The number of likely N-dealkylation sites (tertiary alicyclic amines) is 1. The SMILES string of the molecule is Cc1ccc2ccccc2c1CN1CCC(N(C)C(=O)Cn2cncn2)C1. The van der Waals surface area contributed by atoms with Crippen molar-refractivity contribution in [2.45, 2.75) is 32.5 Å². The summed E-state index contributed by atoms with van der Waals surface area (Å²) in [5, 5.41) is 6.64. The van der Waals surface area contributed by atoms with Crippen LogP contribution in [0.25, 0.3) is 10.8 Å². The van der Waals surface area contributed by atoms with Crippen molar-refractivity contribution in [3.05, 3.63) is 60.2 Å². The van der Waals surface area contributed by atoms with Crippen molar-refractivity contribution in [1.29, 1.82) is 0 Å². The van der Waals surface area contributed by atoms with E-state index in [0.29, 0.717) is 0 Å². The van der Waals surface area contributed by atoms with Gasteiger partial charge in [0.1, 0.15) is 19.2 Å². The second kappa shape index (κ2) is 7.48. The van der Waals surface area contributed by atoms with Crippen LogP contribution >= 0.6 is 0 Å². The van der Waals surface area contributed by atoms with Crippen molar-refractivity contribution in [3.63, 3.8) is 0 Å². The summed E-state index contributed by atoms with van der Waals surface area (Å²) in [5.41, 5.74) is 2.72. The number of rotatable bonds is 5. The number of benzene rings is 2. The van der Waals surface area contributed by atoms with Crippen molar-refractivity contribution < 1.29 is 4.79 Å². The molecule has 0 saturated carbocycles. The molecule has 140 valence electrons. The van der Waals surface area contributed by atoms with Gasteiger partial charge in [-0.05, 0) is 35.2 Å². The molecular weight excluding hydrogens is 338 g/mol. The molecule has 6 nitrogen and oxygen atoms in total. The number of aryl methyl sites for hydroxylation is 1. The minimum atomic E-state index is 0.0775. The van der Waals surface area contributed by atoms with Crippen LogP contribution in [-0.4, -0.2) is 56.7 Å². The molecule has 1 aromatic heterocycles. The molecule has 1 amide bonds. The van der Waals surface area contributed by atoms with Gasteiger partial charge in [-0.3, -0.25) is 9.69 Å². The first-order valence-electron chi connectivity index (χ1n) is 9.39. The van der Waals surface area contributed by atoms with E-state index in [0.717, 1.165) is 26.1 Å². The molecule has 1 aliphatic rings. The molecule has 4 rings (SSSR count). The maximum Gasteiger partial charge on any atom is 0.244 e. The van der Waals surface area contributed by atoms with Crippen LogP contribution in [0.3, 0.4) is 0 Å². The van der Waals surface area contributed by atoms with E-state index in [2.05, 4.69) is 58.3 Å². The second-order valence-corrected chi connectivity index (χ2v) is 7.36. The smallest absolute Gasteiger partial charge is 0.244 e. The first-order chi connectivity index (χ1) is 13.1. The van der Waals surface area contributed by atoms with Gasteiger partial charge in [0.15, 0.2) is 0 Å². The van der Waals surface area contributed by atoms with Crippen molar-refractivity contribution in [2.75, 3.05) is 20.1 Å². The maximum absolute atomic E-state index is 12.5. The topological polar surface area (TPSA) is 54.3 Å². The molecule has 1 aliphatic heterocycles. The van der Waals surface area contributed by atoms with Gasteiger partial charge < -0.3 is 4.90 Å². The Morgan fingerprint density at radius 2 is 2.11 bits per heavy atom. The summed E-state index contributed by atoms with van der Waals surface area (Å²) in [6.07, 6.45) is 4.04. The van der Waals surface area contributed by atoms with Crippen molar-refractivity contribution >= 4 is 16.7 Å². The number of aromatic nitrogens is 3. The molecule has 6 heteroatoms. The zero-order valence-electron chi connectivity index (χ0n) is 15.9. The highest BCUT2D eigenvalue weighted by molar-refractivity contribution is 5.86. The van der Waals surface area contributed by atoms with E-state index in [1.54, 1.807) is 11.0 Å². The molecular formula is C21H25N5O. The van der Waals surface area contributed by atoms with Crippen LogP contribution in [0.5, 0.6) is 0 Å². The predicted molar refractivity (Wildman–Crippen MR) is 105 cm³/mol. The minimum absolute atomic E-state index is 0.0775. The van der Waals surface area contributed by atoms with Gasteiger partial charge in [0.05, 0.1) is 0 Å². The zero-order chi connectivity index (χ0) is 18.8. The fourth-order valence-corrected chi connectivity index (χ4v) is 3.92. The van der Waals surface area contributed by atoms with Crippen LogP contribution in [0.4, 0.5) is 0 Å². The third-order valence-electron chi connectivity index (χ3n) is 5.61. The molecule has 0 N–H and O–H groups in total. The lowest BCUT2D eigenvalue weighted by atomic mass is 9.99. The fraction of sp³-hybridized carbons (Fsp3) is 0.381.